The van der Waals surface area contributed by atoms with Gasteiger partial charge >= 0.3 is 0 Å². The quantitative estimate of drug-likeness (QED) is 0.613. The number of benzene rings is 1. The maximum Gasteiger partial charge on any atom is 0.151 e. The first-order valence-electron chi connectivity index (χ1n) is 5.08. The van der Waals surface area contributed by atoms with E-state index < -0.39 is 0 Å². The van der Waals surface area contributed by atoms with Crippen molar-refractivity contribution in [2.75, 3.05) is 13.1 Å². The molecule has 0 saturated carbocycles. The molecular formula is C11H11ClFNOS. The van der Waals surface area contributed by atoms with Crippen LogP contribution >= 0.6 is 23.5 Å². The Balaban J connectivity index is 2.22. The smallest absolute Gasteiger partial charge is 0.151 e. The number of carbonyl (C=O) groups is 1. The summed E-state index contributed by atoms with van der Waals surface area (Å²) >= 11 is 7.08. The third-order valence-corrected chi connectivity index (χ3v) is 3.93. The highest BCUT2D eigenvalue weighted by molar-refractivity contribution is 7.97. The summed E-state index contributed by atoms with van der Waals surface area (Å²) in [6.07, 6.45) is 2.93. The highest BCUT2D eigenvalue weighted by Crippen LogP contribution is 2.31. The van der Waals surface area contributed by atoms with Crippen molar-refractivity contribution < 1.29 is 9.18 Å². The number of rotatable bonds is 3. The van der Waals surface area contributed by atoms with Gasteiger partial charge in [0, 0.05) is 18.7 Å². The van der Waals surface area contributed by atoms with E-state index in [0.717, 1.165) is 25.9 Å². The normalized spacial score (nSPS) is 16.6. The Kier molecular flexibility index (Phi) is 3.84. The van der Waals surface area contributed by atoms with E-state index >= 15 is 0 Å². The maximum atomic E-state index is 13.6. The van der Waals surface area contributed by atoms with E-state index in [1.54, 1.807) is 0 Å². The minimum Gasteiger partial charge on any atom is -0.298 e. The molecule has 0 aromatic heterocycles. The number of hydrogen-bond donors (Lipinski definition) is 0. The first-order chi connectivity index (χ1) is 7.70. The lowest BCUT2D eigenvalue weighted by Crippen LogP contribution is -2.09. The number of carbonyl (C=O) groups excluding carboxylic acids is 1. The third kappa shape index (κ3) is 2.56. The lowest BCUT2D eigenvalue weighted by Gasteiger charge is -2.14. The summed E-state index contributed by atoms with van der Waals surface area (Å²) in [6.45, 7) is 1.92. The van der Waals surface area contributed by atoms with Gasteiger partial charge in [-0.1, -0.05) is 11.6 Å². The van der Waals surface area contributed by atoms with Crippen molar-refractivity contribution in [3.63, 3.8) is 0 Å². The standard InChI is InChI=1S/C11H11ClFNOS/c12-9-6-10(13)11(5-8(9)7-15)16-14-3-1-2-4-14/h5-7H,1-4H2. The first-order valence-corrected chi connectivity index (χ1v) is 6.23. The van der Waals surface area contributed by atoms with Gasteiger partial charge in [-0.15, -0.1) is 0 Å². The molecule has 0 unspecified atom stereocenters. The molecule has 0 bridgehead atoms. The van der Waals surface area contributed by atoms with E-state index in [9.17, 15) is 9.18 Å². The van der Waals surface area contributed by atoms with Crippen LogP contribution in [0.25, 0.3) is 0 Å². The molecule has 0 amide bonds. The highest BCUT2D eigenvalue weighted by Gasteiger charge is 2.16. The van der Waals surface area contributed by atoms with Crippen LogP contribution in [0.4, 0.5) is 4.39 Å². The van der Waals surface area contributed by atoms with Gasteiger partial charge in [0.25, 0.3) is 0 Å². The fourth-order valence-electron chi connectivity index (χ4n) is 1.62. The molecule has 1 heterocycles. The summed E-state index contributed by atoms with van der Waals surface area (Å²) in [6, 6.07) is 2.71. The molecule has 1 aliphatic rings. The molecule has 5 heteroatoms. The molecule has 1 fully saturated rings. The molecule has 0 aliphatic carbocycles. The van der Waals surface area contributed by atoms with E-state index in [1.165, 1.54) is 24.1 Å². The van der Waals surface area contributed by atoms with E-state index in [4.69, 9.17) is 11.6 Å². The zero-order valence-electron chi connectivity index (χ0n) is 8.58. The van der Waals surface area contributed by atoms with Gasteiger partial charge in [-0.3, -0.25) is 4.79 Å². The summed E-state index contributed by atoms with van der Waals surface area (Å²) < 4.78 is 15.7. The molecule has 16 heavy (non-hydrogen) atoms. The van der Waals surface area contributed by atoms with Crippen molar-refractivity contribution >= 4 is 29.8 Å². The summed E-state index contributed by atoms with van der Waals surface area (Å²) in [7, 11) is 0. The predicted octanol–water partition coefficient (Wildman–Crippen LogP) is 3.39. The Morgan fingerprint density at radius 3 is 2.69 bits per heavy atom. The predicted molar refractivity (Wildman–Crippen MR) is 63.5 cm³/mol. The average molecular weight is 260 g/mol. The Morgan fingerprint density at radius 2 is 2.06 bits per heavy atom. The topological polar surface area (TPSA) is 20.3 Å². The van der Waals surface area contributed by atoms with Gasteiger partial charge in [-0.25, -0.2) is 8.70 Å². The van der Waals surface area contributed by atoms with Crippen LogP contribution in [0.1, 0.15) is 23.2 Å². The van der Waals surface area contributed by atoms with E-state index in [-0.39, 0.29) is 10.8 Å². The molecule has 1 aromatic carbocycles. The van der Waals surface area contributed by atoms with Crippen molar-refractivity contribution in [1.82, 2.24) is 4.31 Å². The third-order valence-electron chi connectivity index (χ3n) is 2.47. The van der Waals surface area contributed by atoms with Crippen molar-refractivity contribution in [2.24, 2.45) is 0 Å². The molecule has 0 radical (unpaired) electrons. The molecule has 2 rings (SSSR count). The van der Waals surface area contributed by atoms with E-state index in [2.05, 4.69) is 4.31 Å². The van der Waals surface area contributed by atoms with Crippen LogP contribution in [0.15, 0.2) is 17.0 Å². The van der Waals surface area contributed by atoms with Crippen LogP contribution in [0, 0.1) is 5.82 Å². The molecule has 2 nitrogen and oxygen atoms in total. The fraction of sp³-hybridized carbons (Fsp3) is 0.364. The highest BCUT2D eigenvalue weighted by atomic mass is 35.5. The van der Waals surface area contributed by atoms with E-state index in [0.29, 0.717) is 16.7 Å². The van der Waals surface area contributed by atoms with Crippen LogP contribution in [0.2, 0.25) is 5.02 Å². The molecule has 1 aromatic rings. The lowest BCUT2D eigenvalue weighted by atomic mass is 10.2. The van der Waals surface area contributed by atoms with Crippen LogP contribution in [0.3, 0.4) is 0 Å². The van der Waals surface area contributed by atoms with Gasteiger partial charge < -0.3 is 0 Å². The minimum atomic E-state index is -0.368. The molecule has 0 N–H and O–H groups in total. The number of hydrogen-bond acceptors (Lipinski definition) is 3. The summed E-state index contributed by atoms with van der Waals surface area (Å²) in [5.74, 6) is -0.368. The zero-order valence-corrected chi connectivity index (χ0v) is 10.2. The summed E-state index contributed by atoms with van der Waals surface area (Å²) in [4.78, 5) is 11.2. The van der Waals surface area contributed by atoms with Gasteiger partial charge in [0.15, 0.2) is 6.29 Å². The molecular weight excluding hydrogens is 249 g/mol. The second-order valence-electron chi connectivity index (χ2n) is 3.65. The Labute approximate surface area is 103 Å². The van der Waals surface area contributed by atoms with Gasteiger partial charge in [0.05, 0.1) is 9.92 Å². The van der Waals surface area contributed by atoms with Crippen molar-refractivity contribution in [2.45, 2.75) is 17.7 Å². The zero-order chi connectivity index (χ0) is 11.5. The van der Waals surface area contributed by atoms with Crippen molar-refractivity contribution in [3.05, 3.63) is 28.5 Å². The average Bonchev–Trinajstić information content (AvgIpc) is 2.75. The largest absolute Gasteiger partial charge is 0.298 e. The monoisotopic (exact) mass is 259 g/mol. The fourth-order valence-corrected chi connectivity index (χ4v) is 2.86. The second kappa shape index (κ2) is 5.17. The molecule has 1 saturated heterocycles. The van der Waals surface area contributed by atoms with Crippen LogP contribution < -0.4 is 0 Å². The molecule has 0 spiro atoms. The Hall–Kier alpha value is -0.580. The van der Waals surface area contributed by atoms with Crippen LogP contribution in [-0.2, 0) is 0 Å². The Morgan fingerprint density at radius 1 is 1.38 bits per heavy atom. The number of halogens is 2. The van der Waals surface area contributed by atoms with Gasteiger partial charge in [-0.2, -0.15) is 0 Å². The van der Waals surface area contributed by atoms with Crippen LogP contribution in [0.5, 0.6) is 0 Å². The molecule has 86 valence electrons. The first kappa shape index (κ1) is 11.9. The van der Waals surface area contributed by atoms with E-state index in [1.807, 2.05) is 0 Å². The van der Waals surface area contributed by atoms with Crippen molar-refractivity contribution in [3.8, 4) is 0 Å². The maximum absolute atomic E-state index is 13.6. The summed E-state index contributed by atoms with van der Waals surface area (Å²) in [5.41, 5.74) is 0.338. The number of nitrogens with zero attached hydrogens (tertiary/aromatic N) is 1. The SMILES string of the molecule is O=Cc1cc(SN2CCCC2)c(F)cc1Cl. The van der Waals surface area contributed by atoms with Gasteiger partial charge in [0.1, 0.15) is 5.82 Å². The summed E-state index contributed by atoms with van der Waals surface area (Å²) in [5, 5.41) is 0.165. The lowest BCUT2D eigenvalue weighted by molar-refractivity contribution is 0.112. The van der Waals surface area contributed by atoms with Crippen LogP contribution in [-0.4, -0.2) is 23.7 Å². The Bertz CT molecular complexity index is 407. The van der Waals surface area contributed by atoms with Crippen molar-refractivity contribution in [1.29, 1.82) is 0 Å². The van der Waals surface area contributed by atoms with Gasteiger partial charge in [0.2, 0.25) is 0 Å². The minimum absolute atomic E-state index is 0.165. The second-order valence-corrected chi connectivity index (χ2v) is 5.20. The number of aldehydes is 1. The molecule has 0 atom stereocenters. The van der Waals surface area contributed by atoms with Gasteiger partial charge in [-0.05, 0) is 36.9 Å². The molecule has 1 aliphatic heterocycles.